The van der Waals surface area contributed by atoms with Gasteiger partial charge in [-0.3, -0.25) is 4.57 Å². The molecule has 0 aliphatic rings. The summed E-state index contributed by atoms with van der Waals surface area (Å²) < 4.78 is 2.57. The van der Waals surface area contributed by atoms with Crippen molar-refractivity contribution in [3.63, 3.8) is 0 Å². The smallest absolute Gasteiger partial charge is 0.184 e. The zero-order chi connectivity index (χ0) is 10.7. The van der Waals surface area contributed by atoms with Crippen molar-refractivity contribution >= 4 is 39.1 Å². The van der Waals surface area contributed by atoms with Gasteiger partial charge in [0.15, 0.2) is 5.11 Å². The SMILES string of the molecule is S=C(Nc1ncccc1Br)n1ccnc1. The fourth-order valence-electron chi connectivity index (χ4n) is 1.02. The van der Waals surface area contributed by atoms with E-state index in [1.54, 1.807) is 29.5 Å². The lowest BCUT2D eigenvalue weighted by Crippen LogP contribution is -2.18. The summed E-state index contributed by atoms with van der Waals surface area (Å²) >= 11 is 8.55. The van der Waals surface area contributed by atoms with E-state index < -0.39 is 0 Å². The summed E-state index contributed by atoms with van der Waals surface area (Å²) in [6, 6.07) is 3.74. The third-order valence-corrected chi connectivity index (χ3v) is 2.68. The lowest BCUT2D eigenvalue weighted by Gasteiger charge is -2.08. The zero-order valence-corrected chi connectivity index (χ0v) is 9.99. The standard InChI is InChI=1S/C9H7BrN4S/c10-7-2-1-3-12-8(7)13-9(15)14-5-4-11-6-14/h1-6H,(H,12,13,15). The van der Waals surface area contributed by atoms with E-state index in [-0.39, 0.29) is 0 Å². The summed E-state index contributed by atoms with van der Waals surface area (Å²) in [5.41, 5.74) is 0. The number of imidazole rings is 1. The molecule has 2 rings (SSSR count). The fraction of sp³-hybridized carbons (Fsp3) is 0. The minimum atomic E-state index is 0.534. The molecule has 6 heteroatoms. The van der Waals surface area contributed by atoms with E-state index in [1.807, 2.05) is 12.1 Å². The average molecular weight is 283 g/mol. The van der Waals surface area contributed by atoms with Crippen molar-refractivity contribution in [1.82, 2.24) is 14.5 Å². The van der Waals surface area contributed by atoms with Crippen LogP contribution in [0.5, 0.6) is 0 Å². The van der Waals surface area contributed by atoms with Crippen LogP contribution >= 0.6 is 28.1 Å². The third kappa shape index (κ3) is 2.40. The minimum Gasteiger partial charge on any atom is -0.316 e. The first-order chi connectivity index (χ1) is 7.27. The first-order valence-corrected chi connectivity index (χ1v) is 5.37. The highest BCUT2D eigenvalue weighted by Crippen LogP contribution is 2.18. The highest BCUT2D eigenvalue weighted by molar-refractivity contribution is 9.10. The van der Waals surface area contributed by atoms with Crippen LogP contribution in [-0.2, 0) is 0 Å². The number of pyridine rings is 1. The van der Waals surface area contributed by atoms with E-state index in [1.165, 1.54) is 0 Å². The molecule has 0 saturated carbocycles. The molecular formula is C9H7BrN4S. The Bertz CT molecular complexity index is 469. The van der Waals surface area contributed by atoms with Crippen LogP contribution in [0.15, 0.2) is 41.5 Å². The van der Waals surface area contributed by atoms with Gasteiger partial charge in [0.1, 0.15) is 12.1 Å². The topological polar surface area (TPSA) is 42.7 Å². The highest BCUT2D eigenvalue weighted by Gasteiger charge is 2.03. The Morgan fingerprint density at radius 3 is 3.00 bits per heavy atom. The second-order valence-corrected chi connectivity index (χ2v) is 3.97. The molecule has 2 aromatic heterocycles. The molecule has 2 heterocycles. The molecule has 0 aliphatic heterocycles. The predicted octanol–water partition coefficient (Wildman–Crippen LogP) is 2.29. The Hall–Kier alpha value is -1.27. The molecule has 0 radical (unpaired) electrons. The molecule has 4 nitrogen and oxygen atoms in total. The number of nitrogens with one attached hydrogen (secondary N) is 1. The number of aromatic nitrogens is 3. The number of halogens is 1. The number of anilines is 1. The van der Waals surface area contributed by atoms with Gasteiger partial charge in [-0.15, -0.1) is 0 Å². The molecule has 0 amide bonds. The van der Waals surface area contributed by atoms with Gasteiger partial charge >= 0.3 is 0 Å². The second kappa shape index (κ2) is 4.50. The van der Waals surface area contributed by atoms with E-state index >= 15 is 0 Å². The van der Waals surface area contributed by atoms with Gasteiger partial charge in [-0.25, -0.2) is 9.97 Å². The van der Waals surface area contributed by atoms with Crippen molar-refractivity contribution < 1.29 is 0 Å². The molecule has 0 fully saturated rings. The largest absolute Gasteiger partial charge is 0.316 e. The lowest BCUT2D eigenvalue weighted by molar-refractivity contribution is 1.14. The van der Waals surface area contributed by atoms with Crippen molar-refractivity contribution in [1.29, 1.82) is 0 Å². The van der Waals surface area contributed by atoms with Crippen molar-refractivity contribution in [3.05, 3.63) is 41.5 Å². The number of nitrogens with zero attached hydrogens (tertiary/aromatic N) is 3. The molecule has 2 aromatic rings. The van der Waals surface area contributed by atoms with Crippen LogP contribution in [-0.4, -0.2) is 19.6 Å². The first kappa shape index (κ1) is 10.3. The quantitative estimate of drug-likeness (QED) is 0.815. The van der Waals surface area contributed by atoms with Crippen LogP contribution in [0.2, 0.25) is 0 Å². The van der Waals surface area contributed by atoms with Crippen LogP contribution in [0.25, 0.3) is 0 Å². The molecule has 0 saturated heterocycles. The van der Waals surface area contributed by atoms with Crippen LogP contribution in [0.3, 0.4) is 0 Å². The van der Waals surface area contributed by atoms with Crippen LogP contribution < -0.4 is 5.32 Å². The molecule has 76 valence electrons. The highest BCUT2D eigenvalue weighted by atomic mass is 79.9. The van der Waals surface area contributed by atoms with Gasteiger partial charge in [0, 0.05) is 18.6 Å². The van der Waals surface area contributed by atoms with E-state index in [4.69, 9.17) is 12.2 Å². The Kier molecular flexibility index (Phi) is 3.08. The van der Waals surface area contributed by atoms with Gasteiger partial charge in [-0.2, -0.15) is 0 Å². The molecule has 0 aromatic carbocycles. The average Bonchev–Trinajstić information content (AvgIpc) is 2.74. The first-order valence-electron chi connectivity index (χ1n) is 4.17. The molecule has 0 unspecified atom stereocenters. The van der Waals surface area contributed by atoms with E-state index in [0.717, 1.165) is 4.47 Å². The van der Waals surface area contributed by atoms with Gasteiger partial charge in [0.2, 0.25) is 0 Å². The summed E-state index contributed by atoms with van der Waals surface area (Å²) in [5, 5.41) is 3.54. The van der Waals surface area contributed by atoms with Crippen molar-refractivity contribution in [3.8, 4) is 0 Å². The molecule has 0 spiro atoms. The molecule has 15 heavy (non-hydrogen) atoms. The Morgan fingerprint density at radius 1 is 1.47 bits per heavy atom. The summed E-state index contributed by atoms with van der Waals surface area (Å²) in [6.07, 6.45) is 6.77. The van der Waals surface area contributed by atoms with Crippen LogP contribution in [0.4, 0.5) is 5.82 Å². The summed E-state index contributed by atoms with van der Waals surface area (Å²) in [5.74, 6) is 0.691. The maximum atomic E-state index is 5.17. The number of hydrogen-bond donors (Lipinski definition) is 1. The third-order valence-electron chi connectivity index (χ3n) is 1.72. The number of hydrogen-bond acceptors (Lipinski definition) is 3. The minimum absolute atomic E-state index is 0.534. The van der Waals surface area contributed by atoms with Crippen molar-refractivity contribution in [2.45, 2.75) is 0 Å². The number of rotatable bonds is 1. The molecule has 1 N–H and O–H groups in total. The lowest BCUT2D eigenvalue weighted by atomic mass is 10.5. The van der Waals surface area contributed by atoms with Crippen molar-refractivity contribution in [2.24, 2.45) is 0 Å². The maximum absolute atomic E-state index is 5.17. The normalized spacial score (nSPS) is 9.93. The predicted molar refractivity (Wildman–Crippen MR) is 65.8 cm³/mol. The van der Waals surface area contributed by atoms with E-state index in [9.17, 15) is 0 Å². The van der Waals surface area contributed by atoms with Gasteiger partial charge in [0.25, 0.3) is 0 Å². The fourth-order valence-corrected chi connectivity index (χ4v) is 1.58. The number of thiocarbonyl (C=S) groups is 1. The van der Waals surface area contributed by atoms with Gasteiger partial charge in [-0.05, 0) is 40.3 Å². The van der Waals surface area contributed by atoms with E-state index in [2.05, 4.69) is 31.2 Å². The van der Waals surface area contributed by atoms with Gasteiger partial charge in [-0.1, -0.05) is 0 Å². The summed E-state index contributed by atoms with van der Waals surface area (Å²) in [6.45, 7) is 0. The molecule has 0 bridgehead atoms. The summed E-state index contributed by atoms with van der Waals surface area (Å²) in [4.78, 5) is 8.06. The molecular weight excluding hydrogens is 276 g/mol. The molecule has 0 atom stereocenters. The maximum Gasteiger partial charge on any atom is 0.184 e. The zero-order valence-electron chi connectivity index (χ0n) is 7.59. The summed E-state index contributed by atoms with van der Waals surface area (Å²) in [7, 11) is 0. The Labute approximate surface area is 100 Å². The Morgan fingerprint density at radius 2 is 2.33 bits per heavy atom. The Balaban J connectivity index is 2.17. The van der Waals surface area contributed by atoms with Crippen LogP contribution in [0, 0.1) is 0 Å². The van der Waals surface area contributed by atoms with Gasteiger partial charge < -0.3 is 5.32 Å². The molecule has 0 aliphatic carbocycles. The van der Waals surface area contributed by atoms with Crippen LogP contribution in [0.1, 0.15) is 0 Å². The van der Waals surface area contributed by atoms with E-state index in [0.29, 0.717) is 10.9 Å². The second-order valence-electron chi connectivity index (χ2n) is 2.73. The van der Waals surface area contributed by atoms with Gasteiger partial charge in [0.05, 0.1) is 4.47 Å². The monoisotopic (exact) mass is 282 g/mol. The van der Waals surface area contributed by atoms with Crippen molar-refractivity contribution in [2.75, 3.05) is 5.32 Å².